The molecule has 0 atom stereocenters. The zero-order valence-corrected chi connectivity index (χ0v) is 15.0. The molecule has 0 unspecified atom stereocenters. The van der Waals surface area contributed by atoms with Crippen LogP contribution in [0.3, 0.4) is 0 Å². The topological polar surface area (TPSA) is 79.0 Å². The van der Waals surface area contributed by atoms with Crippen LogP contribution in [-0.4, -0.2) is 35.0 Å². The van der Waals surface area contributed by atoms with Crippen molar-refractivity contribution in [2.24, 2.45) is 0 Å². The molecule has 1 aromatic carbocycles. The van der Waals surface area contributed by atoms with Crippen LogP contribution in [0.5, 0.6) is 0 Å². The first-order valence-corrected chi connectivity index (χ1v) is 8.69. The lowest BCUT2D eigenvalue weighted by Crippen LogP contribution is -2.27. The molecule has 0 aliphatic rings. The van der Waals surface area contributed by atoms with Crippen LogP contribution >= 0.6 is 39.1 Å². The van der Waals surface area contributed by atoms with Crippen LogP contribution in [0, 0.1) is 6.92 Å². The summed E-state index contributed by atoms with van der Waals surface area (Å²) in [5.41, 5.74) is 0. The molecule has 0 spiro atoms. The number of aromatic nitrogens is 3. The third-order valence-electron chi connectivity index (χ3n) is 2.64. The molecule has 0 bridgehead atoms. The van der Waals surface area contributed by atoms with Gasteiger partial charge in [0.15, 0.2) is 5.82 Å². The minimum atomic E-state index is -3.85. The van der Waals surface area contributed by atoms with E-state index in [9.17, 15) is 8.42 Å². The summed E-state index contributed by atoms with van der Waals surface area (Å²) in [5, 5.41) is 6.66. The van der Waals surface area contributed by atoms with E-state index >= 15 is 0 Å². The zero-order valence-electron chi connectivity index (χ0n) is 11.1. The molecule has 2 rings (SSSR count). The van der Waals surface area contributed by atoms with Crippen LogP contribution in [0.2, 0.25) is 10.0 Å². The number of rotatable bonds is 4. The number of hydrogen-bond acceptors (Lipinski definition) is 4. The number of nitrogens with zero attached hydrogens (tertiary/aromatic N) is 3. The van der Waals surface area contributed by atoms with Gasteiger partial charge in [-0.05, 0) is 19.1 Å². The van der Waals surface area contributed by atoms with E-state index < -0.39 is 10.0 Å². The molecule has 6 nitrogen and oxygen atoms in total. The number of sulfonamides is 1. The van der Waals surface area contributed by atoms with Gasteiger partial charge in [0.1, 0.15) is 10.7 Å². The van der Waals surface area contributed by atoms with Crippen molar-refractivity contribution in [3.05, 3.63) is 38.3 Å². The molecule has 0 aliphatic carbocycles. The van der Waals surface area contributed by atoms with Crippen LogP contribution in [0.4, 0.5) is 0 Å². The molecule has 1 heterocycles. The van der Waals surface area contributed by atoms with Crippen molar-refractivity contribution in [3.63, 3.8) is 0 Å². The number of H-pyrrole nitrogens is 1. The van der Waals surface area contributed by atoms with Crippen molar-refractivity contribution in [2.75, 3.05) is 7.05 Å². The van der Waals surface area contributed by atoms with Crippen LogP contribution in [0.1, 0.15) is 11.6 Å². The van der Waals surface area contributed by atoms with Gasteiger partial charge in [-0.25, -0.2) is 13.4 Å². The van der Waals surface area contributed by atoms with Crippen LogP contribution in [0.15, 0.2) is 21.5 Å². The number of nitrogens with one attached hydrogen (secondary N) is 1. The summed E-state index contributed by atoms with van der Waals surface area (Å²) < 4.78 is 26.8. The Morgan fingerprint density at radius 1 is 1.33 bits per heavy atom. The fraction of sp³-hybridized carbons (Fsp3) is 0.273. The van der Waals surface area contributed by atoms with Crippen LogP contribution < -0.4 is 0 Å². The fourth-order valence-electron chi connectivity index (χ4n) is 1.68. The molecule has 0 fully saturated rings. The third-order valence-corrected chi connectivity index (χ3v) is 5.82. The van der Waals surface area contributed by atoms with E-state index in [0.29, 0.717) is 16.1 Å². The predicted octanol–water partition coefficient (Wildman–Crippen LogP) is 3.00. The van der Waals surface area contributed by atoms with Gasteiger partial charge in [0.2, 0.25) is 10.0 Å². The molecule has 0 saturated carbocycles. The van der Waals surface area contributed by atoms with Crippen LogP contribution in [0.25, 0.3) is 0 Å². The highest BCUT2D eigenvalue weighted by atomic mass is 79.9. The molecule has 0 radical (unpaired) electrons. The Morgan fingerprint density at radius 3 is 2.38 bits per heavy atom. The molecule has 1 aromatic heterocycles. The highest BCUT2D eigenvalue weighted by molar-refractivity contribution is 9.10. The summed E-state index contributed by atoms with van der Waals surface area (Å²) in [6, 6.07) is 2.95. The average Bonchev–Trinajstić information content (AvgIpc) is 2.72. The normalized spacial score (nSPS) is 12.1. The Morgan fingerprint density at radius 2 is 1.90 bits per heavy atom. The summed E-state index contributed by atoms with van der Waals surface area (Å²) >= 11 is 15.2. The molecule has 1 N–H and O–H groups in total. The zero-order chi connectivity index (χ0) is 15.8. The lowest BCUT2D eigenvalue weighted by molar-refractivity contribution is 0.457. The van der Waals surface area contributed by atoms with Crippen molar-refractivity contribution in [1.29, 1.82) is 0 Å². The first-order valence-electron chi connectivity index (χ1n) is 5.70. The van der Waals surface area contributed by atoms with Crippen molar-refractivity contribution in [1.82, 2.24) is 19.5 Å². The number of aryl methyl sites for hydroxylation is 1. The second-order valence-corrected chi connectivity index (χ2v) is 8.01. The number of halogens is 3. The van der Waals surface area contributed by atoms with Gasteiger partial charge in [0.25, 0.3) is 0 Å². The quantitative estimate of drug-likeness (QED) is 0.835. The lowest BCUT2D eigenvalue weighted by atomic mass is 10.4. The molecule has 0 amide bonds. The summed E-state index contributed by atoms with van der Waals surface area (Å²) in [5.74, 6) is 0.971. The Bertz CT molecular complexity index is 755. The van der Waals surface area contributed by atoms with Crippen molar-refractivity contribution < 1.29 is 8.42 Å². The van der Waals surface area contributed by atoms with Gasteiger partial charge in [-0.1, -0.05) is 39.1 Å². The Balaban J connectivity index is 2.38. The Kier molecular flexibility index (Phi) is 4.94. The van der Waals surface area contributed by atoms with Crippen molar-refractivity contribution in [3.8, 4) is 0 Å². The van der Waals surface area contributed by atoms with Gasteiger partial charge in [-0.3, -0.25) is 5.10 Å². The molecule has 0 aliphatic heterocycles. The highest BCUT2D eigenvalue weighted by Gasteiger charge is 2.27. The summed E-state index contributed by atoms with van der Waals surface area (Å²) in [6.07, 6.45) is 0. The Labute approximate surface area is 140 Å². The standard InChI is InChI=1S/C11H11BrCl2N4O2S/c1-6-15-10(17-16-6)5-18(2)21(19,20)11-8(13)3-7(12)4-9(11)14/h3-4H,5H2,1-2H3,(H,15,16,17). The van der Waals surface area contributed by atoms with E-state index in [2.05, 4.69) is 31.1 Å². The smallest absolute Gasteiger partial charge is 0.246 e. The van der Waals surface area contributed by atoms with Gasteiger partial charge >= 0.3 is 0 Å². The summed E-state index contributed by atoms with van der Waals surface area (Å²) in [7, 11) is -2.44. The van der Waals surface area contributed by atoms with Gasteiger partial charge in [-0.2, -0.15) is 9.40 Å². The minimum absolute atomic E-state index is 0.00932. The van der Waals surface area contributed by atoms with Gasteiger partial charge in [-0.15, -0.1) is 0 Å². The van der Waals surface area contributed by atoms with E-state index in [-0.39, 0.29) is 21.5 Å². The molecule has 10 heteroatoms. The number of benzene rings is 1. The van der Waals surface area contributed by atoms with E-state index in [1.807, 2.05) is 0 Å². The SMILES string of the molecule is Cc1nc(CN(C)S(=O)(=O)c2c(Cl)cc(Br)cc2Cl)n[nH]1. The Hall–Kier alpha value is -0.670. The van der Waals surface area contributed by atoms with E-state index in [4.69, 9.17) is 23.2 Å². The maximum Gasteiger partial charge on any atom is 0.246 e. The maximum atomic E-state index is 12.6. The van der Waals surface area contributed by atoms with E-state index in [0.717, 1.165) is 4.31 Å². The number of aromatic amines is 1. The molecular formula is C11H11BrCl2N4O2S. The number of hydrogen-bond donors (Lipinski definition) is 1. The minimum Gasteiger partial charge on any atom is -0.263 e. The lowest BCUT2D eigenvalue weighted by Gasteiger charge is -2.17. The average molecular weight is 414 g/mol. The first kappa shape index (κ1) is 16.7. The molecule has 114 valence electrons. The highest BCUT2D eigenvalue weighted by Crippen LogP contribution is 2.34. The summed E-state index contributed by atoms with van der Waals surface area (Å²) in [4.78, 5) is 3.94. The molecule has 2 aromatic rings. The monoisotopic (exact) mass is 412 g/mol. The van der Waals surface area contributed by atoms with Crippen molar-refractivity contribution in [2.45, 2.75) is 18.4 Å². The van der Waals surface area contributed by atoms with Crippen LogP contribution in [-0.2, 0) is 16.6 Å². The van der Waals surface area contributed by atoms with Gasteiger partial charge in [0, 0.05) is 11.5 Å². The fourth-order valence-corrected chi connectivity index (χ4v) is 4.68. The van der Waals surface area contributed by atoms with E-state index in [1.54, 1.807) is 6.92 Å². The second kappa shape index (κ2) is 6.21. The van der Waals surface area contributed by atoms with E-state index in [1.165, 1.54) is 19.2 Å². The third kappa shape index (κ3) is 3.57. The first-order chi connectivity index (χ1) is 9.71. The molecule has 0 saturated heterocycles. The van der Waals surface area contributed by atoms with Gasteiger partial charge in [0.05, 0.1) is 16.6 Å². The second-order valence-electron chi connectivity index (χ2n) is 4.30. The largest absolute Gasteiger partial charge is 0.263 e. The van der Waals surface area contributed by atoms with Crippen molar-refractivity contribution >= 4 is 49.2 Å². The summed E-state index contributed by atoms with van der Waals surface area (Å²) in [6.45, 7) is 1.74. The maximum absolute atomic E-state index is 12.6. The molecule has 21 heavy (non-hydrogen) atoms. The molecular weight excluding hydrogens is 403 g/mol. The predicted molar refractivity (Wildman–Crippen MR) is 83.9 cm³/mol. The van der Waals surface area contributed by atoms with Gasteiger partial charge < -0.3 is 0 Å².